The predicted octanol–water partition coefficient (Wildman–Crippen LogP) is 5.92. The van der Waals surface area contributed by atoms with Crippen molar-refractivity contribution < 1.29 is 18.3 Å². The summed E-state index contributed by atoms with van der Waals surface area (Å²) in [5.74, 6) is 0.791. The zero-order valence-corrected chi connectivity index (χ0v) is 17.5. The van der Waals surface area contributed by atoms with E-state index in [-0.39, 0.29) is 5.02 Å². The molecule has 4 aromatic rings. The number of aromatic nitrogens is 2. The van der Waals surface area contributed by atoms with E-state index in [2.05, 4.69) is 9.97 Å². The van der Waals surface area contributed by atoms with Gasteiger partial charge < -0.3 is 14.4 Å². The Morgan fingerprint density at radius 1 is 0.903 bits per heavy atom. The van der Waals surface area contributed by atoms with Crippen LogP contribution in [0.15, 0.2) is 60.9 Å². The summed E-state index contributed by atoms with van der Waals surface area (Å²) in [5, 5.41) is 0.629. The zero-order valence-electron chi connectivity index (χ0n) is 16.8. The van der Waals surface area contributed by atoms with Gasteiger partial charge in [-0.05, 0) is 48.0 Å². The van der Waals surface area contributed by atoms with Gasteiger partial charge in [-0.1, -0.05) is 17.7 Å². The highest BCUT2D eigenvalue weighted by Gasteiger charge is 2.18. The minimum absolute atomic E-state index is 0.0146. The lowest BCUT2D eigenvalue weighted by molar-refractivity contribution is 0.354. The molecule has 0 unspecified atom stereocenters. The molecule has 0 fully saturated rings. The molecular formula is C23H18ClF2N3O2. The molecule has 0 amide bonds. The summed E-state index contributed by atoms with van der Waals surface area (Å²) in [5.41, 5.74) is 1.95. The highest BCUT2D eigenvalue weighted by atomic mass is 35.5. The van der Waals surface area contributed by atoms with Crippen LogP contribution in [0.1, 0.15) is 5.56 Å². The number of hydrogen-bond acceptors (Lipinski definition) is 5. The molecule has 158 valence electrons. The fourth-order valence-electron chi connectivity index (χ4n) is 3.33. The summed E-state index contributed by atoms with van der Waals surface area (Å²) in [7, 11) is 3.13. The van der Waals surface area contributed by atoms with Crippen molar-refractivity contribution in [2.24, 2.45) is 0 Å². The topological polar surface area (TPSA) is 47.5 Å². The molecule has 0 spiro atoms. The largest absolute Gasteiger partial charge is 0.493 e. The maximum absolute atomic E-state index is 13.8. The number of ether oxygens (including phenoxy) is 2. The smallest absolute Gasteiger partial charge is 0.161 e. The number of nitrogens with zero attached hydrogens (tertiary/aromatic N) is 3. The minimum Gasteiger partial charge on any atom is -0.493 e. The fourth-order valence-corrected chi connectivity index (χ4v) is 3.51. The zero-order chi connectivity index (χ0) is 22.0. The van der Waals surface area contributed by atoms with E-state index in [9.17, 15) is 8.78 Å². The van der Waals surface area contributed by atoms with Crippen LogP contribution in [0.5, 0.6) is 11.5 Å². The van der Waals surface area contributed by atoms with Crippen LogP contribution in [0.25, 0.3) is 10.9 Å². The van der Waals surface area contributed by atoms with E-state index in [1.807, 2.05) is 17.0 Å². The van der Waals surface area contributed by atoms with Crippen molar-refractivity contribution >= 4 is 34.0 Å². The minimum atomic E-state index is -0.522. The van der Waals surface area contributed by atoms with Crippen molar-refractivity contribution in [3.63, 3.8) is 0 Å². The van der Waals surface area contributed by atoms with Gasteiger partial charge in [-0.2, -0.15) is 0 Å². The van der Waals surface area contributed by atoms with Gasteiger partial charge in [0.25, 0.3) is 0 Å². The number of anilines is 2. The van der Waals surface area contributed by atoms with Crippen molar-refractivity contribution in [1.82, 2.24) is 9.97 Å². The lowest BCUT2D eigenvalue weighted by Crippen LogP contribution is -2.18. The Balaban J connectivity index is 1.86. The molecular weight excluding hydrogens is 424 g/mol. The van der Waals surface area contributed by atoms with Gasteiger partial charge in [0, 0.05) is 23.7 Å². The molecule has 0 N–H and O–H groups in total. The number of halogens is 3. The van der Waals surface area contributed by atoms with Gasteiger partial charge in [-0.25, -0.2) is 18.7 Å². The summed E-state index contributed by atoms with van der Waals surface area (Å²) >= 11 is 6.05. The molecule has 0 aliphatic rings. The molecule has 0 aliphatic heterocycles. The van der Waals surface area contributed by atoms with Crippen LogP contribution in [-0.4, -0.2) is 24.2 Å². The average molecular weight is 442 g/mol. The molecule has 5 nitrogen and oxygen atoms in total. The second-order valence-corrected chi connectivity index (χ2v) is 7.14. The van der Waals surface area contributed by atoms with Gasteiger partial charge in [0.15, 0.2) is 11.5 Å². The van der Waals surface area contributed by atoms with Gasteiger partial charge in [0.2, 0.25) is 0 Å². The highest BCUT2D eigenvalue weighted by Crippen LogP contribution is 2.35. The summed E-state index contributed by atoms with van der Waals surface area (Å²) in [4.78, 5) is 10.5. The number of fused-ring (bicyclic) bond motifs is 1. The maximum Gasteiger partial charge on any atom is 0.161 e. The number of benzene rings is 3. The van der Waals surface area contributed by atoms with Crippen molar-refractivity contribution in [2.45, 2.75) is 6.54 Å². The summed E-state index contributed by atoms with van der Waals surface area (Å²) in [6, 6.07) is 14.3. The molecule has 0 bridgehead atoms. The van der Waals surface area contributed by atoms with Gasteiger partial charge in [-0.3, -0.25) is 0 Å². The second kappa shape index (κ2) is 8.73. The van der Waals surface area contributed by atoms with E-state index >= 15 is 0 Å². The van der Waals surface area contributed by atoms with E-state index < -0.39 is 11.6 Å². The van der Waals surface area contributed by atoms with Gasteiger partial charge in [0.05, 0.1) is 24.8 Å². The van der Waals surface area contributed by atoms with Crippen molar-refractivity contribution in [3.05, 3.63) is 83.1 Å². The van der Waals surface area contributed by atoms with E-state index in [0.29, 0.717) is 40.5 Å². The summed E-state index contributed by atoms with van der Waals surface area (Å²) in [6.45, 7) is 0.353. The van der Waals surface area contributed by atoms with Crippen LogP contribution in [0, 0.1) is 11.6 Å². The lowest BCUT2D eigenvalue weighted by atomic mass is 10.1. The Hall–Kier alpha value is -3.45. The van der Waals surface area contributed by atoms with Crippen molar-refractivity contribution in [1.29, 1.82) is 0 Å². The number of methoxy groups -OCH3 is 2. The first kappa shape index (κ1) is 20.8. The third kappa shape index (κ3) is 4.22. The maximum atomic E-state index is 13.8. The number of hydrogen-bond donors (Lipinski definition) is 0. The quantitative estimate of drug-likeness (QED) is 0.372. The molecule has 4 rings (SSSR count). The third-order valence-electron chi connectivity index (χ3n) is 4.84. The van der Waals surface area contributed by atoms with E-state index in [0.717, 1.165) is 5.56 Å². The Bertz CT molecular complexity index is 1250. The molecule has 1 aromatic heterocycles. The Morgan fingerprint density at radius 2 is 1.71 bits per heavy atom. The molecule has 31 heavy (non-hydrogen) atoms. The third-order valence-corrected chi connectivity index (χ3v) is 5.13. The summed E-state index contributed by atoms with van der Waals surface area (Å²) < 4.78 is 38.3. The van der Waals surface area contributed by atoms with Crippen LogP contribution in [-0.2, 0) is 6.54 Å². The average Bonchev–Trinajstić information content (AvgIpc) is 2.78. The second-order valence-electron chi connectivity index (χ2n) is 6.73. The molecule has 0 saturated heterocycles. The first-order valence-electron chi connectivity index (χ1n) is 9.34. The SMILES string of the molecule is COc1ccc(CN(c2ccc(F)c(Cl)c2)c2ncnc3cc(F)ccc23)cc1OC. The molecule has 1 heterocycles. The first-order valence-corrected chi connectivity index (χ1v) is 9.71. The standard InChI is InChI=1S/C23H18ClF2N3O2/c1-30-21-8-3-14(9-22(21)31-2)12-29(16-5-7-19(26)18(24)11-16)23-17-6-4-15(25)10-20(17)27-13-28-23/h3-11,13H,12H2,1-2H3. The number of rotatable bonds is 6. The summed E-state index contributed by atoms with van der Waals surface area (Å²) in [6.07, 6.45) is 1.36. The van der Waals surface area contributed by atoms with Crippen LogP contribution in [0.4, 0.5) is 20.3 Å². The molecule has 0 saturated carbocycles. The molecule has 3 aromatic carbocycles. The highest BCUT2D eigenvalue weighted by molar-refractivity contribution is 6.31. The van der Waals surface area contributed by atoms with Crippen LogP contribution < -0.4 is 14.4 Å². The van der Waals surface area contributed by atoms with Gasteiger partial charge >= 0.3 is 0 Å². The Kier molecular flexibility index (Phi) is 5.86. The lowest BCUT2D eigenvalue weighted by Gasteiger charge is -2.26. The van der Waals surface area contributed by atoms with E-state index in [1.54, 1.807) is 32.4 Å². The Morgan fingerprint density at radius 3 is 2.45 bits per heavy atom. The molecule has 8 heteroatoms. The van der Waals surface area contributed by atoms with Gasteiger partial charge in [-0.15, -0.1) is 0 Å². The normalized spacial score (nSPS) is 10.9. The van der Waals surface area contributed by atoms with Crippen LogP contribution >= 0.6 is 11.6 Å². The van der Waals surface area contributed by atoms with Gasteiger partial charge in [0.1, 0.15) is 23.8 Å². The first-order chi connectivity index (χ1) is 15.0. The Labute approximate surface area is 182 Å². The molecule has 0 radical (unpaired) electrons. The van der Waals surface area contributed by atoms with Crippen molar-refractivity contribution in [3.8, 4) is 11.5 Å². The van der Waals surface area contributed by atoms with E-state index in [4.69, 9.17) is 21.1 Å². The monoisotopic (exact) mass is 441 g/mol. The van der Waals surface area contributed by atoms with Crippen LogP contribution in [0.2, 0.25) is 5.02 Å². The fraction of sp³-hybridized carbons (Fsp3) is 0.130. The molecule has 0 aliphatic carbocycles. The molecule has 0 atom stereocenters. The predicted molar refractivity (Wildman–Crippen MR) is 116 cm³/mol. The van der Waals surface area contributed by atoms with E-state index in [1.165, 1.54) is 30.6 Å². The van der Waals surface area contributed by atoms with Crippen LogP contribution in [0.3, 0.4) is 0 Å². The van der Waals surface area contributed by atoms with Crippen molar-refractivity contribution in [2.75, 3.05) is 19.1 Å².